The molecule has 2 aliphatic heterocycles. The fourth-order valence-electron chi connectivity index (χ4n) is 4.80. The molecule has 170 valence electrons. The predicted molar refractivity (Wildman–Crippen MR) is 120 cm³/mol. The van der Waals surface area contributed by atoms with E-state index in [1.54, 1.807) is 20.4 Å². The normalized spacial score (nSPS) is 21.0. The Bertz CT molecular complexity index is 949. The number of nitrogens with zero attached hydrogens (tertiary/aromatic N) is 3. The Morgan fingerprint density at radius 2 is 2.00 bits per heavy atom. The van der Waals surface area contributed by atoms with Gasteiger partial charge in [0.1, 0.15) is 0 Å². The van der Waals surface area contributed by atoms with E-state index in [4.69, 9.17) is 9.47 Å². The summed E-state index contributed by atoms with van der Waals surface area (Å²) in [5, 5.41) is 0. The second kappa shape index (κ2) is 10.0. The maximum absolute atomic E-state index is 13.4. The van der Waals surface area contributed by atoms with Crippen molar-refractivity contribution >= 4 is 11.8 Å². The molecule has 0 N–H and O–H groups in total. The largest absolute Gasteiger partial charge is 0.493 e. The maximum atomic E-state index is 13.4. The minimum Gasteiger partial charge on any atom is -0.493 e. The lowest BCUT2D eigenvalue weighted by molar-refractivity contribution is -0.139. The van der Waals surface area contributed by atoms with Crippen LogP contribution in [0, 0.1) is 5.92 Å². The van der Waals surface area contributed by atoms with Crippen molar-refractivity contribution in [1.29, 1.82) is 0 Å². The zero-order chi connectivity index (χ0) is 22.5. The molecular weight excluding hydrogens is 406 g/mol. The van der Waals surface area contributed by atoms with Crippen LogP contribution in [0.1, 0.15) is 42.9 Å². The van der Waals surface area contributed by atoms with E-state index in [9.17, 15) is 9.59 Å². The van der Waals surface area contributed by atoms with Gasteiger partial charge in [0.15, 0.2) is 11.5 Å². The van der Waals surface area contributed by atoms with Crippen molar-refractivity contribution < 1.29 is 19.1 Å². The van der Waals surface area contributed by atoms with E-state index in [2.05, 4.69) is 4.98 Å². The number of hydrogen-bond acceptors (Lipinski definition) is 5. The molecule has 2 saturated heterocycles. The molecule has 7 nitrogen and oxygen atoms in total. The quantitative estimate of drug-likeness (QED) is 0.665. The predicted octanol–water partition coefficient (Wildman–Crippen LogP) is 3.24. The molecule has 2 amide bonds. The van der Waals surface area contributed by atoms with Crippen molar-refractivity contribution in [1.82, 2.24) is 14.8 Å². The molecule has 7 heteroatoms. The molecule has 2 atom stereocenters. The zero-order valence-electron chi connectivity index (χ0n) is 18.8. The summed E-state index contributed by atoms with van der Waals surface area (Å²) < 4.78 is 10.7. The van der Waals surface area contributed by atoms with E-state index in [1.165, 1.54) is 0 Å². The summed E-state index contributed by atoms with van der Waals surface area (Å²) in [5.74, 6) is 1.24. The molecule has 2 aliphatic rings. The number of carbonyl (C=O) groups is 2. The van der Waals surface area contributed by atoms with Crippen molar-refractivity contribution in [2.45, 2.75) is 38.1 Å². The minimum atomic E-state index is -0.273. The summed E-state index contributed by atoms with van der Waals surface area (Å²) in [6, 6.07) is 9.81. The van der Waals surface area contributed by atoms with Crippen molar-refractivity contribution in [3.63, 3.8) is 0 Å². The van der Waals surface area contributed by atoms with Crippen LogP contribution in [0.2, 0.25) is 0 Å². The highest BCUT2D eigenvalue weighted by Crippen LogP contribution is 2.33. The van der Waals surface area contributed by atoms with Gasteiger partial charge in [0.05, 0.1) is 26.2 Å². The van der Waals surface area contributed by atoms with Gasteiger partial charge in [-0.3, -0.25) is 14.6 Å². The van der Waals surface area contributed by atoms with Gasteiger partial charge in [-0.25, -0.2) is 0 Å². The number of likely N-dealkylation sites (tertiary alicyclic amines) is 2. The minimum absolute atomic E-state index is 0.0544. The molecule has 0 radical (unpaired) electrons. The summed E-state index contributed by atoms with van der Waals surface area (Å²) in [5.41, 5.74) is 2.15. The Labute approximate surface area is 189 Å². The number of rotatable bonds is 7. The Morgan fingerprint density at radius 1 is 1.16 bits per heavy atom. The Kier molecular flexibility index (Phi) is 6.93. The van der Waals surface area contributed by atoms with Gasteiger partial charge >= 0.3 is 0 Å². The fourth-order valence-corrected chi connectivity index (χ4v) is 4.80. The molecule has 1 aromatic carbocycles. The van der Waals surface area contributed by atoms with Crippen LogP contribution in [0.15, 0.2) is 42.7 Å². The van der Waals surface area contributed by atoms with Crippen LogP contribution >= 0.6 is 0 Å². The van der Waals surface area contributed by atoms with Crippen molar-refractivity contribution in [2.75, 3.05) is 33.9 Å². The average Bonchev–Trinajstić information content (AvgIpc) is 3.23. The number of carbonyl (C=O) groups excluding carboxylic acids is 2. The molecule has 32 heavy (non-hydrogen) atoms. The molecule has 1 aromatic heterocycles. The third-order valence-electron chi connectivity index (χ3n) is 6.54. The number of methoxy groups -OCH3 is 2. The lowest BCUT2D eigenvalue weighted by Crippen LogP contribution is -2.42. The van der Waals surface area contributed by atoms with Gasteiger partial charge < -0.3 is 19.3 Å². The van der Waals surface area contributed by atoms with Crippen LogP contribution in [0.4, 0.5) is 0 Å². The number of pyridine rings is 1. The van der Waals surface area contributed by atoms with Crippen molar-refractivity contribution in [3.05, 3.63) is 53.9 Å². The number of benzene rings is 1. The summed E-state index contributed by atoms with van der Waals surface area (Å²) in [6.07, 6.45) is 7.66. The second-order valence-electron chi connectivity index (χ2n) is 8.51. The first-order chi connectivity index (χ1) is 15.6. The van der Waals surface area contributed by atoms with Gasteiger partial charge in [0.25, 0.3) is 0 Å². The first-order valence-corrected chi connectivity index (χ1v) is 11.3. The zero-order valence-corrected chi connectivity index (χ0v) is 18.8. The summed E-state index contributed by atoms with van der Waals surface area (Å²) in [7, 11) is 3.22. The molecule has 0 spiro atoms. The Morgan fingerprint density at radius 3 is 2.75 bits per heavy atom. The second-order valence-corrected chi connectivity index (χ2v) is 8.51. The summed E-state index contributed by atoms with van der Waals surface area (Å²) >= 11 is 0. The van der Waals surface area contributed by atoms with E-state index in [0.29, 0.717) is 37.4 Å². The molecule has 0 bridgehead atoms. The van der Waals surface area contributed by atoms with Crippen LogP contribution in [0.3, 0.4) is 0 Å². The van der Waals surface area contributed by atoms with E-state index in [1.807, 2.05) is 46.3 Å². The van der Waals surface area contributed by atoms with E-state index in [-0.39, 0.29) is 23.8 Å². The van der Waals surface area contributed by atoms with E-state index >= 15 is 0 Å². The number of aromatic nitrogens is 1. The highest BCUT2D eigenvalue weighted by molar-refractivity contribution is 5.89. The van der Waals surface area contributed by atoms with Crippen molar-refractivity contribution in [3.8, 4) is 11.5 Å². The summed E-state index contributed by atoms with van der Waals surface area (Å²) in [6.45, 7) is 1.82. The number of hydrogen-bond donors (Lipinski definition) is 0. The topological polar surface area (TPSA) is 72.0 Å². The SMILES string of the molecule is COc1ccc(CCN2C[C@@H](C(=O)N3CCCC[C@H]3c3cccnc3)CC2=O)cc1OC. The van der Waals surface area contributed by atoms with Gasteiger partial charge in [-0.05, 0) is 55.0 Å². The van der Waals surface area contributed by atoms with E-state index in [0.717, 1.165) is 36.9 Å². The smallest absolute Gasteiger partial charge is 0.228 e. The van der Waals surface area contributed by atoms with Gasteiger partial charge in [0, 0.05) is 38.4 Å². The molecule has 0 saturated carbocycles. The Balaban J connectivity index is 1.39. The van der Waals surface area contributed by atoms with Crippen LogP contribution in [-0.4, -0.2) is 60.5 Å². The van der Waals surface area contributed by atoms with Crippen LogP contribution in [0.25, 0.3) is 0 Å². The summed E-state index contributed by atoms with van der Waals surface area (Å²) in [4.78, 5) is 34.1. The van der Waals surface area contributed by atoms with E-state index < -0.39 is 0 Å². The molecule has 4 rings (SSSR count). The number of amides is 2. The number of ether oxygens (including phenoxy) is 2. The third-order valence-corrected chi connectivity index (χ3v) is 6.54. The van der Waals surface area contributed by atoms with Crippen molar-refractivity contribution in [2.24, 2.45) is 5.92 Å². The van der Waals surface area contributed by atoms with Gasteiger partial charge in [0.2, 0.25) is 11.8 Å². The molecule has 0 aliphatic carbocycles. The van der Waals surface area contributed by atoms with Crippen LogP contribution < -0.4 is 9.47 Å². The standard InChI is InChI=1S/C25H31N3O4/c1-31-22-9-8-18(14-23(22)32-2)10-13-27-17-20(15-24(27)29)25(30)28-12-4-3-7-21(28)19-6-5-11-26-16-19/h5-6,8-9,11,14,16,20-21H,3-4,7,10,12-13,15,17H2,1-2H3/t20-,21-/m0/s1. The van der Waals surface area contributed by atoms with Crippen LogP contribution in [0.5, 0.6) is 11.5 Å². The maximum Gasteiger partial charge on any atom is 0.228 e. The van der Waals surface area contributed by atoms with Gasteiger partial charge in [-0.15, -0.1) is 0 Å². The Hall–Kier alpha value is -3.09. The van der Waals surface area contributed by atoms with Crippen LogP contribution in [-0.2, 0) is 16.0 Å². The molecule has 2 aromatic rings. The molecule has 2 fully saturated rings. The third kappa shape index (κ3) is 4.71. The van der Waals surface area contributed by atoms with Gasteiger partial charge in [-0.2, -0.15) is 0 Å². The highest BCUT2D eigenvalue weighted by atomic mass is 16.5. The number of piperidine rings is 1. The first-order valence-electron chi connectivity index (χ1n) is 11.3. The molecule has 3 heterocycles. The van der Waals surface area contributed by atoms with Gasteiger partial charge in [-0.1, -0.05) is 12.1 Å². The lowest BCUT2D eigenvalue weighted by Gasteiger charge is -2.37. The monoisotopic (exact) mass is 437 g/mol. The highest BCUT2D eigenvalue weighted by Gasteiger charge is 2.39. The average molecular weight is 438 g/mol. The molecular formula is C25H31N3O4. The molecule has 0 unspecified atom stereocenters. The lowest BCUT2D eigenvalue weighted by atomic mass is 9.94. The fraction of sp³-hybridized carbons (Fsp3) is 0.480. The first kappa shape index (κ1) is 22.1.